The molecule has 1 atom stereocenters. The molecule has 1 fully saturated rings. The number of ether oxygens (including phenoxy) is 2. The van der Waals surface area contributed by atoms with Crippen molar-refractivity contribution in [1.82, 2.24) is 4.90 Å². The summed E-state index contributed by atoms with van der Waals surface area (Å²) in [7, 11) is -3.64. The molecule has 6 nitrogen and oxygen atoms in total. The predicted octanol–water partition coefficient (Wildman–Crippen LogP) is 2.49. The van der Waals surface area contributed by atoms with Gasteiger partial charge in [0.1, 0.15) is 10.9 Å². The Morgan fingerprint density at radius 3 is 2.46 bits per heavy atom. The minimum Gasteiger partial charge on any atom is -0.465 e. The molecule has 0 spiro atoms. The Hall–Kier alpha value is -0.710. The summed E-state index contributed by atoms with van der Waals surface area (Å²) in [6.07, 6.45) is 0. The van der Waals surface area contributed by atoms with Crippen LogP contribution in [0.5, 0.6) is 0 Å². The van der Waals surface area contributed by atoms with Crippen molar-refractivity contribution in [3.8, 4) is 0 Å². The summed E-state index contributed by atoms with van der Waals surface area (Å²) < 4.78 is 39.9. The van der Waals surface area contributed by atoms with E-state index >= 15 is 0 Å². The van der Waals surface area contributed by atoms with Gasteiger partial charge in [0.15, 0.2) is 0 Å². The lowest BCUT2D eigenvalue weighted by molar-refractivity contribution is 0.0342. The molecule has 24 heavy (non-hydrogen) atoms. The molecule has 132 valence electrons. The van der Waals surface area contributed by atoms with Gasteiger partial charge in [0.25, 0.3) is 13.9 Å². The minimum atomic E-state index is -3.64. The smallest absolute Gasteiger partial charge is 0.267 e. The Balaban J connectivity index is 1.82. The summed E-state index contributed by atoms with van der Waals surface area (Å²) in [5.74, 6) is 0. The highest BCUT2D eigenvalue weighted by molar-refractivity contribution is 14.1. The fourth-order valence-corrected chi connectivity index (χ4v) is 6.19. The van der Waals surface area contributed by atoms with Gasteiger partial charge in [-0.05, 0) is 25.0 Å². The summed E-state index contributed by atoms with van der Waals surface area (Å²) in [5, 5.41) is -0.805. The van der Waals surface area contributed by atoms with Crippen LogP contribution in [0.25, 0.3) is 0 Å². The summed E-state index contributed by atoms with van der Waals surface area (Å²) in [6.45, 7) is 7.78. The minimum absolute atomic E-state index is 0.165. The molecule has 0 N–H and O–H groups in total. The third-order valence-corrected chi connectivity index (χ3v) is 6.91. The fraction of sp³-hybridized carbons (Fsp3) is 0.562. The topological polar surface area (TPSA) is 68.2 Å². The van der Waals surface area contributed by atoms with E-state index in [1.54, 1.807) is 36.4 Å². The van der Waals surface area contributed by atoms with Gasteiger partial charge in [-0.2, -0.15) is 0 Å². The Kier molecular flexibility index (Phi) is 5.19. The van der Waals surface area contributed by atoms with Gasteiger partial charge >= 0.3 is 0 Å². The van der Waals surface area contributed by atoms with Gasteiger partial charge in [-0.1, -0.05) is 24.3 Å². The first kappa shape index (κ1) is 18.1. The molecule has 0 saturated carbocycles. The van der Waals surface area contributed by atoms with Crippen molar-refractivity contribution in [3.63, 3.8) is 0 Å². The van der Waals surface area contributed by atoms with Crippen molar-refractivity contribution in [3.05, 3.63) is 35.4 Å². The van der Waals surface area contributed by atoms with Crippen LogP contribution in [0.15, 0.2) is 28.7 Å². The normalized spacial score (nSPS) is 26.5. The molecule has 2 aliphatic rings. The van der Waals surface area contributed by atoms with E-state index < -0.39 is 20.9 Å². The molecule has 0 amide bonds. The third-order valence-electron chi connectivity index (χ3n) is 4.27. The molecule has 3 rings (SSSR count). The molecule has 2 heterocycles. The number of halogens is 1. The van der Waals surface area contributed by atoms with Gasteiger partial charge < -0.3 is 9.47 Å². The maximum absolute atomic E-state index is 12.5. The zero-order valence-corrected chi connectivity index (χ0v) is 16.7. The van der Waals surface area contributed by atoms with E-state index in [4.69, 9.17) is 9.47 Å². The monoisotopic (exact) mass is 464 g/mol. The molecule has 0 radical (unpaired) electrons. The number of nitrogens with zero attached hydrogens (tertiary/aromatic N) is 2. The Morgan fingerprint density at radius 2 is 1.88 bits per heavy atom. The number of benzene rings is 1. The van der Waals surface area contributed by atoms with E-state index in [0.29, 0.717) is 5.56 Å². The molecule has 1 aromatic carbocycles. The molecule has 1 saturated heterocycles. The fourth-order valence-electron chi connectivity index (χ4n) is 3.19. The molecule has 0 bridgehead atoms. The van der Waals surface area contributed by atoms with Crippen LogP contribution in [0.3, 0.4) is 0 Å². The average molecular weight is 464 g/mol. The molecule has 1 unspecified atom stereocenters. The van der Waals surface area contributed by atoms with Gasteiger partial charge in [-0.15, -0.1) is 4.40 Å². The second kappa shape index (κ2) is 6.89. The standard InChI is InChI=1S/C16H21IN2O4S/c1-16(2)14(24(20,21)18-15(17)23-16)13-5-3-12(4-6-13)11-19-7-9-22-10-8-19/h3-6,14H,7-11H2,1-2H3. The first-order valence-electron chi connectivity index (χ1n) is 7.85. The lowest BCUT2D eigenvalue weighted by Gasteiger charge is -2.36. The molecular weight excluding hydrogens is 443 g/mol. The summed E-state index contributed by atoms with van der Waals surface area (Å²) in [5.41, 5.74) is 1.01. The van der Waals surface area contributed by atoms with Crippen molar-refractivity contribution in [1.29, 1.82) is 0 Å². The third kappa shape index (κ3) is 3.92. The highest BCUT2D eigenvalue weighted by Gasteiger charge is 2.46. The lowest BCUT2D eigenvalue weighted by Crippen LogP contribution is -2.41. The molecule has 2 aliphatic heterocycles. The summed E-state index contributed by atoms with van der Waals surface area (Å²) in [4.78, 5) is 2.33. The summed E-state index contributed by atoms with van der Waals surface area (Å²) in [6, 6.07) is 7.72. The molecule has 8 heteroatoms. The SMILES string of the molecule is CC1(C)OC(I)=NS(=O)(=O)C1c1ccc(CN2CCOCC2)cc1. The van der Waals surface area contributed by atoms with Crippen molar-refractivity contribution in [2.24, 2.45) is 4.40 Å². The van der Waals surface area contributed by atoms with Crippen LogP contribution < -0.4 is 0 Å². The zero-order chi connectivity index (χ0) is 17.4. The number of morpholine rings is 1. The number of hydrogen-bond donors (Lipinski definition) is 0. The highest BCUT2D eigenvalue weighted by Crippen LogP contribution is 2.41. The van der Waals surface area contributed by atoms with Crippen molar-refractivity contribution < 1.29 is 17.9 Å². The molecular formula is C16H21IN2O4S. The van der Waals surface area contributed by atoms with Gasteiger partial charge in [-0.3, -0.25) is 4.90 Å². The van der Waals surface area contributed by atoms with Crippen LogP contribution in [-0.2, 0) is 26.0 Å². The average Bonchev–Trinajstić information content (AvgIpc) is 2.47. The van der Waals surface area contributed by atoms with Crippen LogP contribution in [0.2, 0.25) is 0 Å². The van der Waals surface area contributed by atoms with Crippen LogP contribution in [0.1, 0.15) is 30.2 Å². The summed E-state index contributed by atoms with van der Waals surface area (Å²) >= 11 is 1.81. The zero-order valence-electron chi connectivity index (χ0n) is 13.7. The maximum Gasteiger partial charge on any atom is 0.267 e. The number of rotatable bonds is 3. The highest BCUT2D eigenvalue weighted by atomic mass is 127. The van der Waals surface area contributed by atoms with E-state index in [1.807, 2.05) is 24.3 Å². The Labute approximate surface area is 156 Å². The molecule has 1 aromatic rings. The number of sulfonamides is 1. The van der Waals surface area contributed by atoms with E-state index in [9.17, 15) is 8.42 Å². The Bertz CT molecular complexity index is 725. The molecule has 0 aliphatic carbocycles. The van der Waals surface area contributed by atoms with E-state index in [-0.39, 0.29) is 3.90 Å². The van der Waals surface area contributed by atoms with Crippen LogP contribution in [-0.4, -0.2) is 49.1 Å². The number of hydrogen-bond acceptors (Lipinski definition) is 5. The van der Waals surface area contributed by atoms with Crippen molar-refractivity contribution in [2.75, 3.05) is 26.3 Å². The van der Waals surface area contributed by atoms with Gasteiger partial charge in [-0.25, -0.2) is 8.42 Å². The predicted molar refractivity (Wildman–Crippen MR) is 101 cm³/mol. The van der Waals surface area contributed by atoms with Gasteiger partial charge in [0.2, 0.25) is 0 Å². The maximum atomic E-state index is 12.5. The second-order valence-corrected chi connectivity index (χ2v) is 9.18. The first-order valence-corrected chi connectivity index (χ1v) is 10.4. The Morgan fingerprint density at radius 1 is 1.25 bits per heavy atom. The van der Waals surface area contributed by atoms with Gasteiger partial charge in [0.05, 0.1) is 13.2 Å². The van der Waals surface area contributed by atoms with Crippen LogP contribution >= 0.6 is 22.6 Å². The lowest BCUT2D eigenvalue weighted by atomic mass is 9.96. The molecule has 0 aromatic heterocycles. The van der Waals surface area contributed by atoms with E-state index in [1.165, 1.54) is 0 Å². The van der Waals surface area contributed by atoms with Gasteiger partial charge in [0, 0.05) is 42.2 Å². The first-order chi connectivity index (χ1) is 11.3. The van der Waals surface area contributed by atoms with Crippen molar-refractivity contribution >= 4 is 36.5 Å². The van der Waals surface area contributed by atoms with E-state index in [0.717, 1.165) is 38.4 Å². The van der Waals surface area contributed by atoms with Crippen LogP contribution in [0.4, 0.5) is 0 Å². The largest absolute Gasteiger partial charge is 0.465 e. The van der Waals surface area contributed by atoms with Crippen LogP contribution in [0, 0.1) is 0 Å². The van der Waals surface area contributed by atoms with Crippen molar-refractivity contribution in [2.45, 2.75) is 31.2 Å². The second-order valence-electron chi connectivity index (χ2n) is 6.57. The van der Waals surface area contributed by atoms with E-state index in [2.05, 4.69) is 9.30 Å². The quantitative estimate of drug-likeness (QED) is 0.644.